The van der Waals surface area contributed by atoms with Gasteiger partial charge in [0.15, 0.2) is 0 Å². The van der Waals surface area contributed by atoms with E-state index in [1.165, 1.54) is 48.5 Å². The first-order chi connectivity index (χ1) is 22.3. The first-order valence-corrected chi connectivity index (χ1v) is 16.1. The van der Waals surface area contributed by atoms with Crippen molar-refractivity contribution < 1.29 is 28.0 Å². The number of hydrogen-bond donors (Lipinski definition) is 2. The lowest BCUT2D eigenvalue weighted by atomic mass is 9.81. The zero-order chi connectivity index (χ0) is 33.7. The minimum absolute atomic E-state index is 0.118. The van der Waals surface area contributed by atoms with Gasteiger partial charge in [0.05, 0.1) is 27.5 Å². The van der Waals surface area contributed by atoms with Crippen molar-refractivity contribution in [1.29, 1.82) is 0 Å². The summed E-state index contributed by atoms with van der Waals surface area (Å²) >= 11 is 0. The molecule has 0 bridgehead atoms. The molecule has 0 unspecified atom stereocenters. The Kier molecular flexibility index (Phi) is 7.74. The fourth-order valence-corrected chi connectivity index (χ4v) is 6.63. The van der Waals surface area contributed by atoms with E-state index in [1.807, 2.05) is 55.1 Å². The maximum atomic E-state index is 14.0. The fraction of sp³-hybridized carbons (Fsp3) is 0.147. The number of carboxylic acid groups (broad SMARTS) is 1. The highest BCUT2D eigenvalue weighted by Crippen LogP contribution is 2.50. The van der Waals surface area contributed by atoms with Crippen LogP contribution in [-0.4, -0.2) is 42.6 Å². The average molecular weight is 652 g/mol. The molecular weight excluding hydrogens is 622 g/mol. The Balaban J connectivity index is 1.49. The van der Waals surface area contributed by atoms with Gasteiger partial charge in [0, 0.05) is 41.0 Å². The Hall–Kier alpha value is -5.66. The maximum absolute atomic E-state index is 14.0. The number of nitrogens with two attached hydrogens (primary N) is 1. The molecule has 0 atom stereocenters. The van der Waals surface area contributed by atoms with Crippen LogP contribution in [0.15, 0.2) is 118 Å². The van der Waals surface area contributed by atoms with Crippen molar-refractivity contribution in [3.8, 4) is 0 Å². The number of amides is 1. The van der Waals surface area contributed by atoms with E-state index in [-0.39, 0.29) is 40.5 Å². The number of rotatable bonds is 8. The first kappa shape index (κ1) is 31.3. The Morgan fingerprint density at radius 3 is 2.32 bits per heavy atom. The van der Waals surface area contributed by atoms with Crippen LogP contribution in [0, 0.1) is 10.1 Å². The smallest absolute Gasteiger partial charge is 0.305 e. The number of aliphatic carboxylic acids is 1. The van der Waals surface area contributed by atoms with Gasteiger partial charge < -0.3 is 10.0 Å². The van der Waals surface area contributed by atoms with Crippen LogP contribution in [0.1, 0.15) is 31.4 Å². The number of sulfonamides is 1. The Morgan fingerprint density at radius 2 is 1.68 bits per heavy atom. The third kappa shape index (κ3) is 5.66. The molecule has 0 saturated carbocycles. The van der Waals surface area contributed by atoms with Gasteiger partial charge in [-0.1, -0.05) is 44.2 Å². The number of benzene rings is 4. The van der Waals surface area contributed by atoms with E-state index in [0.29, 0.717) is 5.56 Å². The third-order valence-electron chi connectivity index (χ3n) is 8.35. The number of non-ortho nitro benzene ring substituents is 1. The van der Waals surface area contributed by atoms with E-state index in [0.717, 1.165) is 32.7 Å². The zero-order valence-electron chi connectivity index (χ0n) is 25.3. The third-order valence-corrected chi connectivity index (χ3v) is 9.28. The van der Waals surface area contributed by atoms with Crippen LogP contribution in [-0.2, 0) is 25.0 Å². The minimum Gasteiger partial charge on any atom is -0.481 e. The van der Waals surface area contributed by atoms with Gasteiger partial charge in [-0.3, -0.25) is 19.7 Å². The highest BCUT2D eigenvalue weighted by molar-refractivity contribution is 7.89. The number of carbonyl (C=O) groups is 2. The molecule has 0 radical (unpaired) electrons. The summed E-state index contributed by atoms with van der Waals surface area (Å²) in [6.07, 6.45) is 3.30. The molecule has 47 heavy (non-hydrogen) atoms. The lowest BCUT2D eigenvalue weighted by molar-refractivity contribution is -0.384. The summed E-state index contributed by atoms with van der Waals surface area (Å²) in [6, 6.07) is 22.9. The molecule has 0 spiro atoms. The summed E-state index contributed by atoms with van der Waals surface area (Å²) in [7, 11) is -3.97. The second-order valence-corrected chi connectivity index (χ2v) is 13.2. The van der Waals surface area contributed by atoms with Crippen LogP contribution in [0.25, 0.3) is 10.8 Å². The number of primary sulfonamides is 1. The molecule has 0 saturated heterocycles. The summed E-state index contributed by atoms with van der Waals surface area (Å²) in [5.41, 5.74) is 3.09. The predicted octanol–water partition coefficient (Wildman–Crippen LogP) is 5.23. The Morgan fingerprint density at radius 1 is 1.00 bits per heavy atom. The molecule has 2 heterocycles. The number of fused-ring (bicyclic) bond motifs is 3. The molecule has 2 aliphatic rings. The average Bonchev–Trinajstić information content (AvgIpc) is 3.48. The number of allylic oxidation sites excluding steroid dienone is 3. The number of hydrazone groups is 1. The largest absolute Gasteiger partial charge is 0.481 e. The fourth-order valence-electron chi connectivity index (χ4n) is 6.12. The summed E-state index contributed by atoms with van der Waals surface area (Å²) in [6.45, 7) is 4.29. The monoisotopic (exact) mass is 651 g/mol. The molecule has 1 amide bonds. The molecule has 4 aromatic rings. The van der Waals surface area contributed by atoms with Crippen molar-refractivity contribution in [2.75, 3.05) is 16.5 Å². The highest BCUT2D eigenvalue weighted by Gasteiger charge is 2.41. The first-order valence-electron chi connectivity index (χ1n) is 14.5. The SMILES string of the molecule is CC1(C)/C(=C\C=C2/C(=O)N(c3ccc(S(N)(=O)=O)cc3)N=C2c2ccc([N+](=O)[O-])cc2)N(CCC(=O)O)c2ccc3ccccc3c21. The van der Waals surface area contributed by atoms with Crippen LogP contribution in [0.2, 0.25) is 0 Å². The van der Waals surface area contributed by atoms with Crippen LogP contribution >= 0.6 is 0 Å². The molecule has 238 valence electrons. The molecule has 13 heteroatoms. The van der Waals surface area contributed by atoms with Gasteiger partial charge in [0.1, 0.15) is 5.71 Å². The standard InChI is InChI=1S/C34H29N5O7S/c1-34(2)29(37(20-19-30(40)41)28-17-9-21-5-3-4-6-26(21)31(28)34)18-16-27-32(22-7-10-24(11-8-22)39(43)44)36-38(33(27)42)23-12-14-25(15-13-23)47(35,45)46/h3-18H,19-20H2,1-2H3,(H,40,41)(H2,35,45,46)/b27-16-,29-18+. The van der Waals surface area contributed by atoms with Gasteiger partial charge in [-0.05, 0) is 71.0 Å². The minimum atomic E-state index is -3.97. The van der Waals surface area contributed by atoms with Gasteiger partial charge in [-0.15, -0.1) is 0 Å². The Bertz CT molecular complexity index is 2170. The van der Waals surface area contributed by atoms with Gasteiger partial charge >= 0.3 is 5.97 Å². The topological polar surface area (TPSA) is 177 Å². The zero-order valence-corrected chi connectivity index (χ0v) is 26.1. The van der Waals surface area contributed by atoms with Crippen molar-refractivity contribution in [1.82, 2.24) is 0 Å². The number of anilines is 2. The van der Waals surface area contributed by atoms with Crippen LogP contribution in [0.4, 0.5) is 17.1 Å². The van der Waals surface area contributed by atoms with Gasteiger partial charge in [0.25, 0.3) is 11.6 Å². The maximum Gasteiger partial charge on any atom is 0.305 e. The summed E-state index contributed by atoms with van der Waals surface area (Å²) in [5.74, 6) is -1.47. The van der Waals surface area contributed by atoms with E-state index in [1.54, 1.807) is 12.2 Å². The van der Waals surface area contributed by atoms with E-state index in [2.05, 4.69) is 5.10 Å². The molecule has 0 aliphatic carbocycles. The molecule has 6 rings (SSSR count). The van der Waals surface area contributed by atoms with Crippen LogP contribution in [0.5, 0.6) is 0 Å². The second-order valence-electron chi connectivity index (χ2n) is 11.6. The second kappa shape index (κ2) is 11.6. The van der Waals surface area contributed by atoms with Gasteiger partial charge in [0.2, 0.25) is 10.0 Å². The molecule has 3 N–H and O–H groups in total. The van der Waals surface area contributed by atoms with Gasteiger partial charge in [-0.25, -0.2) is 13.6 Å². The Labute approximate surface area is 269 Å². The van der Waals surface area contributed by atoms with E-state index >= 15 is 0 Å². The molecule has 2 aliphatic heterocycles. The molecular formula is C34H29N5O7S. The normalized spacial score (nSPS) is 17.4. The van der Waals surface area contributed by atoms with Crippen molar-refractivity contribution in [2.45, 2.75) is 30.6 Å². The lowest BCUT2D eigenvalue weighted by Gasteiger charge is -2.26. The number of hydrogen-bond acceptors (Lipinski definition) is 8. The summed E-state index contributed by atoms with van der Waals surface area (Å²) < 4.78 is 23.6. The number of nitrogens with zero attached hydrogens (tertiary/aromatic N) is 4. The number of carboxylic acids is 1. The quantitative estimate of drug-likeness (QED) is 0.148. The predicted molar refractivity (Wildman–Crippen MR) is 178 cm³/mol. The number of carbonyl (C=O) groups excluding carboxylic acids is 1. The van der Waals surface area contributed by atoms with Crippen molar-refractivity contribution in [2.24, 2.45) is 10.2 Å². The van der Waals surface area contributed by atoms with E-state index < -0.39 is 32.2 Å². The van der Waals surface area contributed by atoms with E-state index in [9.17, 15) is 33.2 Å². The highest BCUT2D eigenvalue weighted by atomic mass is 32.2. The molecule has 12 nitrogen and oxygen atoms in total. The summed E-state index contributed by atoms with van der Waals surface area (Å²) in [4.78, 5) is 38.2. The van der Waals surface area contributed by atoms with Gasteiger partial charge in [-0.2, -0.15) is 10.1 Å². The summed E-state index contributed by atoms with van der Waals surface area (Å²) in [5, 5.41) is 33.8. The van der Waals surface area contributed by atoms with Crippen molar-refractivity contribution in [3.63, 3.8) is 0 Å². The number of nitro benzene ring substituents is 1. The molecule has 0 aromatic heterocycles. The molecule has 0 fully saturated rings. The van der Waals surface area contributed by atoms with Crippen molar-refractivity contribution >= 4 is 55.4 Å². The van der Waals surface area contributed by atoms with Crippen LogP contribution < -0.4 is 15.0 Å². The van der Waals surface area contributed by atoms with Crippen LogP contribution in [0.3, 0.4) is 0 Å². The van der Waals surface area contributed by atoms with E-state index in [4.69, 9.17) is 5.14 Å². The molecule has 4 aromatic carbocycles. The number of nitro groups is 1. The lowest BCUT2D eigenvalue weighted by Crippen LogP contribution is -2.28. The van der Waals surface area contributed by atoms with Crippen molar-refractivity contribution in [3.05, 3.63) is 130 Å².